The smallest absolute Gasteiger partial charge is 0.0431 e. The van der Waals surface area contributed by atoms with Gasteiger partial charge in [0.05, 0.1) is 0 Å². The maximum Gasteiger partial charge on any atom is 0.0431 e. The Morgan fingerprint density at radius 3 is 2.44 bits per heavy atom. The molecule has 1 atom stereocenters. The van der Waals surface area contributed by atoms with E-state index in [0.29, 0.717) is 6.61 Å². The molecule has 106 valence electrons. The summed E-state index contributed by atoms with van der Waals surface area (Å²) in [5.41, 5.74) is 0. The van der Waals surface area contributed by atoms with Crippen LogP contribution in [0.4, 0.5) is 0 Å². The zero-order valence-corrected chi connectivity index (χ0v) is 11.9. The van der Waals surface area contributed by atoms with E-state index in [1.165, 1.54) is 58.8 Å². The van der Waals surface area contributed by atoms with Gasteiger partial charge < -0.3 is 14.9 Å². The van der Waals surface area contributed by atoms with Gasteiger partial charge in [-0.15, -0.1) is 0 Å². The fourth-order valence-electron chi connectivity index (χ4n) is 3.21. The fourth-order valence-corrected chi connectivity index (χ4v) is 3.21. The molecule has 1 N–H and O–H groups in total. The number of hydrogen-bond acceptors (Lipinski definition) is 4. The molecule has 0 saturated carbocycles. The van der Waals surface area contributed by atoms with Crippen molar-refractivity contribution in [3.05, 3.63) is 0 Å². The van der Waals surface area contributed by atoms with Gasteiger partial charge in [0.15, 0.2) is 0 Å². The zero-order valence-electron chi connectivity index (χ0n) is 11.9. The van der Waals surface area contributed by atoms with Crippen molar-refractivity contribution in [1.29, 1.82) is 0 Å². The van der Waals surface area contributed by atoms with Gasteiger partial charge in [0, 0.05) is 45.4 Å². The molecule has 2 heterocycles. The van der Waals surface area contributed by atoms with Crippen molar-refractivity contribution >= 4 is 0 Å². The van der Waals surface area contributed by atoms with Gasteiger partial charge in [-0.05, 0) is 38.9 Å². The molecule has 0 spiro atoms. The molecule has 2 rings (SSSR count). The first kappa shape index (κ1) is 14.3. The Bertz CT molecular complexity index is 229. The minimum absolute atomic E-state index is 0.343. The standard InChI is InChI=1S/C14H29N3O/c1-2-15-8-10-17(11-9-15)14-5-7-16(13-14)6-3-4-12-18/h14,18H,2-13H2,1H3. The number of aliphatic hydroxyl groups is 1. The first-order valence-electron chi connectivity index (χ1n) is 7.63. The number of nitrogens with zero attached hydrogens (tertiary/aromatic N) is 3. The van der Waals surface area contributed by atoms with Gasteiger partial charge in [0.25, 0.3) is 0 Å². The quantitative estimate of drug-likeness (QED) is 0.699. The third-order valence-electron chi connectivity index (χ3n) is 4.50. The Balaban J connectivity index is 1.66. The number of hydrogen-bond donors (Lipinski definition) is 1. The molecule has 4 heteroatoms. The minimum atomic E-state index is 0.343. The van der Waals surface area contributed by atoms with Crippen molar-refractivity contribution in [1.82, 2.24) is 14.7 Å². The van der Waals surface area contributed by atoms with Gasteiger partial charge in [-0.25, -0.2) is 0 Å². The lowest BCUT2D eigenvalue weighted by molar-refractivity contribution is 0.101. The first-order chi connectivity index (χ1) is 8.83. The summed E-state index contributed by atoms with van der Waals surface area (Å²) in [6, 6.07) is 0.790. The summed E-state index contributed by atoms with van der Waals surface area (Å²) in [4.78, 5) is 7.81. The van der Waals surface area contributed by atoms with Crippen molar-refractivity contribution < 1.29 is 5.11 Å². The number of piperazine rings is 1. The van der Waals surface area contributed by atoms with Gasteiger partial charge >= 0.3 is 0 Å². The molecule has 0 radical (unpaired) electrons. The van der Waals surface area contributed by atoms with Crippen molar-refractivity contribution in [3.63, 3.8) is 0 Å². The van der Waals surface area contributed by atoms with E-state index in [0.717, 1.165) is 18.9 Å². The van der Waals surface area contributed by atoms with Crippen molar-refractivity contribution in [3.8, 4) is 0 Å². The molecule has 2 fully saturated rings. The van der Waals surface area contributed by atoms with Crippen molar-refractivity contribution in [2.75, 3.05) is 59.0 Å². The van der Waals surface area contributed by atoms with Crippen LogP contribution in [0.5, 0.6) is 0 Å². The molecule has 2 saturated heterocycles. The third kappa shape index (κ3) is 3.92. The van der Waals surface area contributed by atoms with Crippen molar-refractivity contribution in [2.45, 2.75) is 32.2 Å². The Labute approximate surface area is 112 Å². The second-order valence-corrected chi connectivity index (χ2v) is 5.64. The van der Waals surface area contributed by atoms with Crippen LogP contribution in [0.1, 0.15) is 26.2 Å². The lowest BCUT2D eigenvalue weighted by Crippen LogP contribution is -2.50. The summed E-state index contributed by atoms with van der Waals surface area (Å²) < 4.78 is 0. The lowest BCUT2D eigenvalue weighted by atomic mass is 10.2. The molecule has 0 amide bonds. The molecule has 4 nitrogen and oxygen atoms in total. The fraction of sp³-hybridized carbons (Fsp3) is 1.00. The molecule has 18 heavy (non-hydrogen) atoms. The summed E-state index contributed by atoms with van der Waals surface area (Å²) in [6.45, 7) is 12.5. The second kappa shape index (κ2) is 7.43. The highest BCUT2D eigenvalue weighted by Crippen LogP contribution is 2.17. The van der Waals surface area contributed by atoms with E-state index in [-0.39, 0.29) is 0 Å². The van der Waals surface area contributed by atoms with Gasteiger partial charge in [-0.2, -0.15) is 0 Å². The number of likely N-dealkylation sites (N-methyl/N-ethyl adjacent to an activating group) is 1. The Kier molecular flexibility index (Phi) is 5.89. The maximum absolute atomic E-state index is 8.81. The SMILES string of the molecule is CCN1CCN(C2CCN(CCCCO)C2)CC1. The predicted molar refractivity (Wildman–Crippen MR) is 74.9 cm³/mol. The molecule has 0 aliphatic carbocycles. The average molecular weight is 255 g/mol. The largest absolute Gasteiger partial charge is 0.396 e. The predicted octanol–water partition coefficient (Wildman–Crippen LogP) is 0.471. The average Bonchev–Trinajstić information content (AvgIpc) is 2.88. The van der Waals surface area contributed by atoms with E-state index in [1.54, 1.807) is 0 Å². The summed E-state index contributed by atoms with van der Waals surface area (Å²) in [6.07, 6.45) is 3.44. The van der Waals surface area contributed by atoms with Gasteiger partial charge in [0.1, 0.15) is 0 Å². The van der Waals surface area contributed by atoms with E-state index in [2.05, 4.69) is 21.6 Å². The van der Waals surface area contributed by atoms with Crippen LogP contribution in [0.2, 0.25) is 0 Å². The molecule has 0 bridgehead atoms. The second-order valence-electron chi connectivity index (χ2n) is 5.64. The van der Waals surface area contributed by atoms with E-state index >= 15 is 0 Å². The first-order valence-corrected chi connectivity index (χ1v) is 7.63. The number of rotatable bonds is 6. The van der Waals surface area contributed by atoms with Crippen molar-refractivity contribution in [2.24, 2.45) is 0 Å². The molecule has 2 aliphatic heterocycles. The summed E-state index contributed by atoms with van der Waals surface area (Å²) in [5.74, 6) is 0. The highest BCUT2D eigenvalue weighted by atomic mass is 16.2. The van der Waals surface area contributed by atoms with Gasteiger partial charge in [0.2, 0.25) is 0 Å². The topological polar surface area (TPSA) is 30.0 Å². The lowest BCUT2D eigenvalue weighted by Gasteiger charge is -2.37. The van der Waals surface area contributed by atoms with Crippen LogP contribution in [-0.2, 0) is 0 Å². The van der Waals surface area contributed by atoms with Gasteiger partial charge in [-0.3, -0.25) is 4.90 Å². The molecule has 0 aromatic heterocycles. The summed E-state index contributed by atoms with van der Waals surface area (Å²) in [5, 5.41) is 8.81. The normalized spacial score (nSPS) is 28.0. The van der Waals surface area contributed by atoms with Gasteiger partial charge in [-0.1, -0.05) is 6.92 Å². The third-order valence-corrected chi connectivity index (χ3v) is 4.50. The van der Waals surface area contributed by atoms with Crippen LogP contribution < -0.4 is 0 Å². The molecule has 0 aromatic rings. The highest BCUT2D eigenvalue weighted by molar-refractivity contribution is 4.86. The van der Waals surface area contributed by atoms with Crippen LogP contribution >= 0.6 is 0 Å². The molecule has 2 aliphatic rings. The van der Waals surface area contributed by atoms with Crippen LogP contribution in [0.15, 0.2) is 0 Å². The molecular weight excluding hydrogens is 226 g/mol. The van der Waals surface area contributed by atoms with Crippen LogP contribution in [0.3, 0.4) is 0 Å². The zero-order chi connectivity index (χ0) is 12.8. The summed E-state index contributed by atoms with van der Waals surface area (Å²) in [7, 11) is 0. The number of aliphatic hydroxyl groups excluding tert-OH is 1. The van der Waals surface area contributed by atoms with E-state index in [9.17, 15) is 0 Å². The summed E-state index contributed by atoms with van der Waals surface area (Å²) >= 11 is 0. The van der Waals surface area contributed by atoms with E-state index in [4.69, 9.17) is 5.11 Å². The minimum Gasteiger partial charge on any atom is -0.396 e. The highest BCUT2D eigenvalue weighted by Gasteiger charge is 2.29. The molecular formula is C14H29N3O. The van der Waals surface area contributed by atoms with E-state index in [1.807, 2.05) is 0 Å². The van der Waals surface area contributed by atoms with Crippen LogP contribution in [0, 0.1) is 0 Å². The molecule has 0 aromatic carbocycles. The van der Waals surface area contributed by atoms with Crippen LogP contribution in [-0.4, -0.2) is 84.8 Å². The Morgan fingerprint density at radius 2 is 1.78 bits per heavy atom. The number of unbranched alkanes of at least 4 members (excludes halogenated alkanes) is 1. The Hall–Kier alpha value is -0.160. The van der Waals surface area contributed by atoms with E-state index < -0.39 is 0 Å². The molecule has 1 unspecified atom stereocenters. The Morgan fingerprint density at radius 1 is 1.00 bits per heavy atom. The number of likely N-dealkylation sites (tertiary alicyclic amines) is 1. The van der Waals surface area contributed by atoms with Crippen LogP contribution in [0.25, 0.3) is 0 Å². The monoisotopic (exact) mass is 255 g/mol. The maximum atomic E-state index is 8.81.